The van der Waals surface area contributed by atoms with Crippen LogP contribution in [0.1, 0.15) is 32.6 Å². The van der Waals surface area contributed by atoms with Crippen LogP contribution in [-0.4, -0.2) is 23.1 Å². The van der Waals surface area contributed by atoms with Gasteiger partial charge >= 0.3 is 5.69 Å². The van der Waals surface area contributed by atoms with Crippen molar-refractivity contribution >= 4 is 11.5 Å². The summed E-state index contributed by atoms with van der Waals surface area (Å²) in [6.07, 6.45) is 4.83. The van der Waals surface area contributed by atoms with E-state index >= 15 is 0 Å². The fourth-order valence-electron chi connectivity index (χ4n) is 2.59. The molecule has 1 saturated carbocycles. The minimum Gasteiger partial charge on any atom is -0.481 e. The minimum atomic E-state index is -0.420. The third-order valence-electron chi connectivity index (χ3n) is 3.73. The van der Waals surface area contributed by atoms with Crippen LogP contribution in [-0.2, 0) is 0 Å². The zero-order chi connectivity index (χ0) is 13.8. The van der Waals surface area contributed by atoms with Gasteiger partial charge in [-0.05, 0) is 25.7 Å². The summed E-state index contributed by atoms with van der Waals surface area (Å²) in [5.41, 5.74) is -0.00866. The van der Waals surface area contributed by atoms with Gasteiger partial charge in [0.05, 0.1) is 12.0 Å². The van der Waals surface area contributed by atoms with E-state index in [9.17, 15) is 10.1 Å². The fraction of sp³-hybridized carbons (Fsp3) is 0.615. The first-order valence-electron chi connectivity index (χ1n) is 6.57. The van der Waals surface area contributed by atoms with E-state index in [1.165, 1.54) is 44.9 Å². The Labute approximate surface area is 112 Å². The number of nitro groups is 1. The molecule has 1 unspecified atom stereocenters. The molecule has 104 valence electrons. The van der Waals surface area contributed by atoms with Crippen molar-refractivity contribution in [1.82, 2.24) is 4.98 Å². The maximum absolute atomic E-state index is 11.0. The summed E-state index contributed by atoms with van der Waals surface area (Å²) in [5.74, 6) is 1.24. The van der Waals surface area contributed by atoms with E-state index in [-0.39, 0.29) is 11.7 Å². The van der Waals surface area contributed by atoms with Gasteiger partial charge in [-0.25, -0.2) is 0 Å². The third-order valence-corrected chi connectivity index (χ3v) is 3.73. The molecule has 1 aliphatic carbocycles. The summed E-state index contributed by atoms with van der Waals surface area (Å²) in [4.78, 5) is 14.7. The Morgan fingerprint density at radius 2 is 2.16 bits per heavy atom. The van der Waals surface area contributed by atoms with Crippen LogP contribution in [0.4, 0.5) is 11.5 Å². The zero-order valence-electron chi connectivity index (χ0n) is 11.3. The van der Waals surface area contributed by atoms with Crippen LogP contribution < -0.4 is 10.1 Å². The first-order valence-corrected chi connectivity index (χ1v) is 6.57. The number of aromatic nitrogens is 1. The lowest BCUT2D eigenvalue weighted by atomic mass is 10.00. The average Bonchev–Trinajstić information content (AvgIpc) is 2.92. The van der Waals surface area contributed by atoms with Gasteiger partial charge in [-0.2, -0.15) is 4.98 Å². The SMILES string of the molecule is COc1ccc([N+](=O)[O-])c(NC(C)C2CCCC2)n1. The number of nitrogens with one attached hydrogen (secondary N) is 1. The highest BCUT2D eigenvalue weighted by molar-refractivity contribution is 5.57. The predicted molar refractivity (Wildman–Crippen MR) is 72.5 cm³/mol. The van der Waals surface area contributed by atoms with E-state index in [2.05, 4.69) is 17.2 Å². The van der Waals surface area contributed by atoms with Gasteiger partial charge in [-0.15, -0.1) is 0 Å². The number of rotatable bonds is 5. The molecule has 1 fully saturated rings. The van der Waals surface area contributed by atoms with Gasteiger partial charge in [0.1, 0.15) is 0 Å². The Bertz CT molecular complexity index is 458. The lowest BCUT2D eigenvalue weighted by molar-refractivity contribution is -0.384. The van der Waals surface area contributed by atoms with E-state index in [0.717, 1.165) is 0 Å². The first-order chi connectivity index (χ1) is 9.11. The molecule has 0 aromatic carbocycles. The van der Waals surface area contributed by atoms with Crippen LogP contribution in [0.25, 0.3) is 0 Å². The molecule has 0 amide bonds. The first kappa shape index (κ1) is 13.6. The van der Waals surface area contributed by atoms with Gasteiger partial charge in [0.2, 0.25) is 11.7 Å². The molecule has 1 aromatic heterocycles. The number of methoxy groups -OCH3 is 1. The van der Waals surface area contributed by atoms with Gasteiger partial charge in [-0.3, -0.25) is 10.1 Å². The maximum Gasteiger partial charge on any atom is 0.311 e. The second kappa shape index (κ2) is 5.86. The lowest BCUT2D eigenvalue weighted by Gasteiger charge is -2.20. The molecule has 1 atom stereocenters. The number of ether oxygens (including phenoxy) is 1. The van der Waals surface area contributed by atoms with Crippen LogP contribution in [0.15, 0.2) is 12.1 Å². The molecular formula is C13H19N3O3. The van der Waals surface area contributed by atoms with Crippen molar-refractivity contribution in [3.63, 3.8) is 0 Å². The Kier molecular flexibility index (Phi) is 4.19. The third kappa shape index (κ3) is 3.13. The molecule has 19 heavy (non-hydrogen) atoms. The zero-order valence-corrected chi connectivity index (χ0v) is 11.3. The van der Waals surface area contributed by atoms with E-state index in [1.54, 1.807) is 0 Å². The van der Waals surface area contributed by atoms with Crippen molar-refractivity contribution in [3.8, 4) is 5.88 Å². The van der Waals surface area contributed by atoms with E-state index in [1.807, 2.05) is 0 Å². The Morgan fingerprint density at radius 1 is 1.47 bits per heavy atom. The topological polar surface area (TPSA) is 77.3 Å². The highest BCUT2D eigenvalue weighted by atomic mass is 16.6. The molecule has 1 aliphatic rings. The van der Waals surface area contributed by atoms with Crippen molar-refractivity contribution < 1.29 is 9.66 Å². The van der Waals surface area contributed by atoms with Crippen LogP contribution in [0, 0.1) is 16.0 Å². The molecule has 0 bridgehead atoms. The molecule has 6 nitrogen and oxygen atoms in total. The lowest BCUT2D eigenvalue weighted by Crippen LogP contribution is -2.24. The van der Waals surface area contributed by atoms with Crippen molar-refractivity contribution in [1.29, 1.82) is 0 Å². The van der Waals surface area contributed by atoms with Crippen molar-refractivity contribution in [2.45, 2.75) is 38.6 Å². The van der Waals surface area contributed by atoms with Crippen LogP contribution in [0.2, 0.25) is 0 Å². The Hall–Kier alpha value is -1.85. The summed E-state index contributed by atoms with van der Waals surface area (Å²) in [6, 6.07) is 3.11. The molecule has 0 aliphatic heterocycles. The monoisotopic (exact) mass is 265 g/mol. The van der Waals surface area contributed by atoms with Gasteiger partial charge in [0, 0.05) is 18.2 Å². The summed E-state index contributed by atoms with van der Waals surface area (Å²) < 4.78 is 5.02. The molecule has 1 N–H and O–H groups in total. The van der Waals surface area contributed by atoms with Gasteiger partial charge in [0.15, 0.2) is 0 Å². The standard InChI is InChI=1S/C13H19N3O3/c1-9(10-5-3-4-6-10)14-13-11(16(17)18)7-8-12(15-13)19-2/h7-10H,3-6H2,1-2H3,(H,14,15). The molecule has 6 heteroatoms. The number of pyridine rings is 1. The molecule has 1 heterocycles. The normalized spacial score (nSPS) is 17.2. The highest BCUT2D eigenvalue weighted by Gasteiger charge is 2.24. The van der Waals surface area contributed by atoms with Crippen molar-refractivity contribution in [3.05, 3.63) is 22.2 Å². The number of anilines is 1. The van der Waals surface area contributed by atoms with Crippen LogP contribution >= 0.6 is 0 Å². The Morgan fingerprint density at radius 3 is 2.74 bits per heavy atom. The number of hydrogen-bond acceptors (Lipinski definition) is 5. The van der Waals surface area contributed by atoms with Crippen molar-refractivity contribution in [2.75, 3.05) is 12.4 Å². The van der Waals surface area contributed by atoms with Gasteiger partial charge < -0.3 is 10.1 Å². The second-order valence-electron chi connectivity index (χ2n) is 4.96. The van der Waals surface area contributed by atoms with E-state index in [4.69, 9.17) is 4.74 Å². The average molecular weight is 265 g/mol. The molecule has 0 saturated heterocycles. The maximum atomic E-state index is 11.0. The second-order valence-corrected chi connectivity index (χ2v) is 4.96. The Balaban J connectivity index is 2.18. The summed E-state index contributed by atoms with van der Waals surface area (Å²) >= 11 is 0. The largest absolute Gasteiger partial charge is 0.481 e. The fourth-order valence-corrected chi connectivity index (χ4v) is 2.59. The molecular weight excluding hydrogens is 246 g/mol. The number of nitrogens with zero attached hydrogens (tertiary/aromatic N) is 2. The minimum absolute atomic E-state index is 0.00866. The van der Waals surface area contributed by atoms with Crippen LogP contribution in [0.3, 0.4) is 0 Å². The van der Waals surface area contributed by atoms with Crippen molar-refractivity contribution in [2.24, 2.45) is 5.92 Å². The van der Waals surface area contributed by atoms with Gasteiger partial charge in [0.25, 0.3) is 0 Å². The quantitative estimate of drug-likeness (QED) is 0.654. The highest BCUT2D eigenvalue weighted by Crippen LogP contribution is 2.31. The molecule has 0 radical (unpaired) electrons. The number of hydrogen-bond donors (Lipinski definition) is 1. The van der Waals surface area contributed by atoms with Gasteiger partial charge in [-0.1, -0.05) is 12.8 Å². The van der Waals surface area contributed by atoms with E-state index < -0.39 is 4.92 Å². The molecule has 1 aromatic rings. The van der Waals surface area contributed by atoms with E-state index in [0.29, 0.717) is 17.6 Å². The predicted octanol–water partition coefficient (Wildman–Crippen LogP) is 2.99. The summed E-state index contributed by atoms with van der Waals surface area (Å²) in [7, 11) is 1.50. The van der Waals surface area contributed by atoms with Crippen LogP contribution in [0.5, 0.6) is 5.88 Å². The smallest absolute Gasteiger partial charge is 0.311 e. The molecule has 0 spiro atoms. The molecule has 2 rings (SSSR count). The summed E-state index contributed by atoms with van der Waals surface area (Å²) in [5, 5.41) is 14.2. The summed E-state index contributed by atoms with van der Waals surface area (Å²) in [6.45, 7) is 2.06.